The van der Waals surface area contributed by atoms with E-state index in [9.17, 15) is 9.90 Å². The van der Waals surface area contributed by atoms with E-state index >= 15 is 0 Å². The number of aliphatic carboxylic acids is 1. The Kier molecular flexibility index (Phi) is 4.50. The molecule has 0 radical (unpaired) electrons. The van der Waals surface area contributed by atoms with Crippen LogP contribution in [0, 0.1) is 21.7 Å². The standard InChI is InChI=1S/C29H34O2/c1-26(2,3)21-14-19-10-11-20-15-22(27(4,5)6)17-24-18(9-12-25(30)31)13-23(16-21)28(19,7)29(20,24)8/h9-17H,1-8H3,(H,30,31)/b12-9+/t28-,29-/m1/s1. The topological polar surface area (TPSA) is 37.3 Å². The maximum absolute atomic E-state index is 11.4. The van der Waals surface area contributed by atoms with Gasteiger partial charge in [0.1, 0.15) is 0 Å². The molecule has 4 aliphatic carbocycles. The molecule has 0 amide bonds. The average Bonchev–Trinajstić information content (AvgIpc) is 2.63. The molecule has 1 N–H and O–H groups in total. The van der Waals surface area contributed by atoms with Crippen molar-refractivity contribution in [3.05, 3.63) is 93.7 Å². The number of allylic oxidation sites excluding steroid dienone is 15. The third kappa shape index (κ3) is 3.03. The molecular formula is C29H34O2. The van der Waals surface area contributed by atoms with Gasteiger partial charge in [0.05, 0.1) is 0 Å². The van der Waals surface area contributed by atoms with E-state index in [0.717, 1.165) is 5.57 Å². The van der Waals surface area contributed by atoms with Crippen LogP contribution >= 0.6 is 0 Å². The summed E-state index contributed by atoms with van der Waals surface area (Å²) < 4.78 is 0. The molecule has 0 spiro atoms. The quantitative estimate of drug-likeness (QED) is 0.482. The Morgan fingerprint density at radius 2 is 1.29 bits per heavy atom. The SMILES string of the molecule is CC(C)(C)C1=CC2=CC(/C=C/C(=O)O)=C3C=C(C(C)(C)C)C=C4C=CC(=C1)[C@@]2(C)[C@]43C. The molecule has 2 heteroatoms. The molecular weight excluding hydrogens is 380 g/mol. The van der Waals surface area contributed by atoms with E-state index in [0.29, 0.717) is 0 Å². The van der Waals surface area contributed by atoms with E-state index in [-0.39, 0.29) is 21.7 Å². The van der Waals surface area contributed by atoms with Gasteiger partial charge < -0.3 is 5.11 Å². The van der Waals surface area contributed by atoms with Crippen LogP contribution in [0.15, 0.2) is 93.7 Å². The Morgan fingerprint density at radius 1 is 0.774 bits per heavy atom. The molecule has 162 valence electrons. The van der Waals surface area contributed by atoms with E-state index < -0.39 is 5.97 Å². The maximum atomic E-state index is 11.4. The number of carboxylic acid groups (broad SMARTS) is 1. The van der Waals surface area contributed by atoms with Crippen LogP contribution in [-0.4, -0.2) is 11.1 Å². The van der Waals surface area contributed by atoms with Crippen LogP contribution in [0.5, 0.6) is 0 Å². The van der Waals surface area contributed by atoms with Gasteiger partial charge in [0, 0.05) is 16.9 Å². The lowest BCUT2D eigenvalue weighted by Gasteiger charge is -2.58. The van der Waals surface area contributed by atoms with E-state index in [1.807, 2.05) is 0 Å². The van der Waals surface area contributed by atoms with Crippen molar-refractivity contribution in [2.24, 2.45) is 21.7 Å². The van der Waals surface area contributed by atoms with Gasteiger partial charge in [0.15, 0.2) is 0 Å². The number of hydrogen-bond donors (Lipinski definition) is 1. The second-order valence-electron chi connectivity index (χ2n) is 11.6. The van der Waals surface area contributed by atoms with Crippen molar-refractivity contribution in [3.8, 4) is 0 Å². The smallest absolute Gasteiger partial charge is 0.328 e. The van der Waals surface area contributed by atoms with Crippen LogP contribution in [-0.2, 0) is 4.79 Å². The van der Waals surface area contributed by atoms with E-state index in [1.54, 1.807) is 6.08 Å². The fourth-order valence-electron chi connectivity index (χ4n) is 5.35. The minimum Gasteiger partial charge on any atom is -0.478 e. The van der Waals surface area contributed by atoms with Gasteiger partial charge in [-0.1, -0.05) is 97.9 Å². The van der Waals surface area contributed by atoms with Crippen LogP contribution in [0.4, 0.5) is 0 Å². The highest BCUT2D eigenvalue weighted by Gasteiger charge is 2.57. The Hall–Kier alpha value is -2.61. The number of rotatable bonds is 2. The van der Waals surface area contributed by atoms with Gasteiger partial charge in [-0.15, -0.1) is 0 Å². The van der Waals surface area contributed by atoms with Crippen molar-refractivity contribution in [1.82, 2.24) is 0 Å². The Labute approximate surface area is 186 Å². The van der Waals surface area contributed by atoms with E-state index in [1.165, 1.54) is 39.5 Å². The summed E-state index contributed by atoms with van der Waals surface area (Å²) in [5, 5.41) is 9.33. The Balaban J connectivity index is 2.09. The number of hydrogen-bond acceptors (Lipinski definition) is 1. The fraction of sp³-hybridized carbons (Fsp3) is 0.414. The minimum absolute atomic E-state index is 0.00365. The second kappa shape index (κ2) is 6.45. The summed E-state index contributed by atoms with van der Waals surface area (Å²) in [7, 11) is 0. The van der Waals surface area contributed by atoms with E-state index in [2.05, 4.69) is 97.9 Å². The van der Waals surface area contributed by atoms with E-state index in [4.69, 9.17) is 0 Å². The van der Waals surface area contributed by atoms with Crippen LogP contribution in [0.2, 0.25) is 0 Å². The highest BCUT2D eigenvalue weighted by atomic mass is 16.4. The molecule has 0 aromatic carbocycles. The summed E-state index contributed by atoms with van der Waals surface area (Å²) in [5.41, 5.74) is 8.25. The molecule has 0 fully saturated rings. The zero-order valence-electron chi connectivity index (χ0n) is 20.1. The third-order valence-electron chi connectivity index (χ3n) is 7.71. The summed E-state index contributed by atoms with van der Waals surface area (Å²) in [6.45, 7) is 18.1. The largest absolute Gasteiger partial charge is 0.478 e. The van der Waals surface area contributed by atoms with Crippen molar-refractivity contribution in [2.75, 3.05) is 0 Å². The summed E-state index contributed by atoms with van der Waals surface area (Å²) in [4.78, 5) is 11.4. The number of carbonyl (C=O) groups is 1. The first kappa shape index (κ1) is 21.6. The van der Waals surface area contributed by atoms with Crippen molar-refractivity contribution in [3.63, 3.8) is 0 Å². The first-order valence-electron chi connectivity index (χ1n) is 11.1. The lowest BCUT2D eigenvalue weighted by molar-refractivity contribution is -0.131. The van der Waals surface area contributed by atoms with Crippen LogP contribution in [0.1, 0.15) is 55.4 Å². The van der Waals surface area contributed by atoms with Gasteiger partial charge in [0.2, 0.25) is 0 Å². The molecule has 2 nitrogen and oxygen atoms in total. The summed E-state index contributed by atoms with van der Waals surface area (Å²) in [5.74, 6) is -0.921. The molecule has 2 atom stereocenters. The van der Waals surface area contributed by atoms with Gasteiger partial charge in [-0.3, -0.25) is 0 Å². The van der Waals surface area contributed by atoms with Crippen LogP contribution in [0.3, 0.4) is 0 Å². The normalized spacial score (nSPS) is 29.7. The van der Waals surface area contributed by atoms with Crippen LogP contribution in [0.25, 0.3) is 0 Å². The summed E-state index contributed by atoms with van der Waals surface area (Å²) >= 11 is 0. The zero-order valence-corrected chi connectivity index (χ0v) is 20.1. The lowest BCUT2D eigenvalue weighted by atomic mass is 9.45. The first-order valence-corrected chi connectivity index (χ1v) is 11.1. The molecule has 0 aliphatic heterocycles. The first-order chi connectivity index (χ1) is 14.2. The highest BCUT2D eigenvalue weighted by molar-refractivity contribution is 5.81. The van der Waals surface area contributed by atoms with Gasteiger partial charge >= 0.3 is 5.97 Å². The van der Waals surface area contributed by atoms with Gasteiger partial charge in [-0.2, -0.15) is 0 Å². The molecule has 0 aromatic heterocycles. The summed E-state index contributed by atoms with van der Waals surface area (Å²) in [6, 6.07) is 0. The van der Waals surface area contributed by atoms with Crippen molar-refractivity contribution >= 4 is 5.97 Å². The fourth-order valence-corrected chi connectivity index (χ4v) is 5.35. The third-order valence-corrected chi connectivity index (χ3v) is 7.71. The molecule has 4 aliphatic rings. The monoisotopic (exact) mass is 414 g/mol. The molecule has 4 rings (SSSR count). The molecule has 0 bridgehead atoms. The van der Waals surface area contributed by atoms with Crippen molar-refractivity contribution < 1.29 is 9.90 Å². The molecule has 31 heavy (non-hydrogen) atoms. The van der Waals surface area contributed by atoms with Crippen molar-refractivity contribution in [1.29, 1.82) is 0 Å². The molecule has 0 heterocycles. The molecule has 0 unspecified atom stereocenters. The van der Waals surface area contributed by atoms with Gasteiger partial charge in [-0.25, -0.2) is 4.79 Å². The Morgan fingerprint density at radius 3 is 1.81 bits per heavy atom. The zero-order chi connectivity index (χ0) is 23.0. The van der Waals surface area contributed by atoms with Crippen LogP contribution < -0.4 is 0 Å². The van der Waals surface area contributed by atoms with Crippen molar-refractivity contribution in [2.45, 2.75) is 55.4 Å². The number of carboxylic acids is 1. The Bertz CT molecular complexity index is 1130. The molecule has 0 aromatic rings. The van der Waals surface area contributed by atoms with Gasteiger partial charge in [-0.05, 0) is 55.9 Å². The predicted molar refractivity (Wildman–Crippen MR) is 128 cm³/mol. The summed E-state index contributed by atoms with van der Waals surface area (Å²) in [6.07, 6.45) is 19.2. The average molecular weight is 415 g/mol. The molecule has 0 saturated carbocycles. The minimum atomic E-state index is -0.921. The molecule has 0 saturated heterocycles. The second-order valence-corrected chi connectivity index (χ2v) is 11.6. The maximum Gasteiger partial charge on any atom is 0.328 e. The predicted octanol–water partition coefficient (Wildman–Crippen LogP) is 7.27. The van der Waals surface area contributed by atoms with Gasteiger partial charge in [0.25, 0.3) is 0 Å². The highest BCUT2D eigenvalue weighted by Crippen LogP contribution is 2.67. The lowest BCUT2D eigenvalue weighted by Crippen LogP contribution is -2.48.